The Morgan fingerprint density at radius 1 is 1.07 bits per heavy atom. The van der Waals surface area contributed by atoms with E-state index in [1.165, 1.54) is 23.1 Å². The van der Waals surface area contributed by atoms with Gasteiger partial charge >= 0.3 is 0 Å². The summed E-state index contributed by atoms with van der Waals surface area (Å²) in [4.78, 5) is 0. The first kappa shape index (κ1) is 8.60. The normalized spacial score (nSPS) is 13.9. The van der Waals surface area contributed by atoms with Crippen LogP contribution in [-0.4, -0.2) is 10.2 Å². The van der Waals surface area contributed by atoms with Gasteiger partial charge in [-0.1, -0.05) is 24.3 Å². The third-order valence-electron chi connectivity index (χ3n) is 2.93. The van der Waals surface area contributed by atoms with Crippen molar-refractivity contribution < 1.29 is 0 Å². The minimum Gasteiger partial charge on any atom is -0.158 e. The number of rotatable bonds is 0. The van der Waals surface area contributed by atoms with Crippen molar-refractivity contribution in [3.05, 3.63) is 47.8 Å². The molecule has 73 valence electrons. The highest BCUT2D eigenvalue weighted by atomic mass is 15.1. The van der Waals surface area contributed by atoms with E-state index in [-0.39, 0.29) is 0 Å². The van der Waals surface area contributed by atoms with E-state index in [0.717, 1.165) is 18.4 Å². The van der Waals surface area contributed by atoms with E-state index < -0.39 is 0 Å². The molecule has 3 rings (SSSR count). The first-order valence-electron chi connectivity index (χ1n) is 5.25. The fourth-order valence-electron chi connectivity index (χ4n) is 2.19. The van der Waals surface area contributed by atoms with E-state index in [4.69, 9.17) is 0 Å². The molecule has 1 aliphatic carbocycles. The van der Waals surface area contributed by atoms with Gasteiger partial charge in [0.05, 0.1) is 6.20 Å². The minimum atomic E-state index is 1.08. The van der Waals surface area contributed by atoms with E-state index in [0.29, 0.717) is 0 Å². The molecule has 0 saturated heterocycles. The first-order chi connectivity index (χ1) is 7.45. The highest BCUT2D eigenvalue weighted by molar-refractivity contribution is 5.69. The lowest BCUT2D eigenvalue weighted by Crippen LogP contribution is -1.91. The standard InChI is InChI=1S/C13H11N2/c1-2-7-12-10(4-1)5-3-6-11-8-14-15-9-13(11)12/h1-2,4,7-8H,3,5-6H2. The number of fused-ring (bicyclic) bond motifs is 3. The molecule has 1 aromatic carbocycles. The number of aryl methyl sites for hydroxylation is 2. The molecule has 1 radical (unpaired) electrons. The lowest BCUT2D eigenvalue weighted by atomic mass is 9.99. The average Bonchev–Trinajstić information content (AvgIpc) is 2.48. The average molecular weight is 195 g/mol. The van der Waals surface area contributed by atoms with Crippen LogP contribution in [0.4, 0.5) is 0 Å². The second kappa shape index (κ2) is 3.46. The van der Waals surface area contributed by atoms with E-state index in [2.05, 4.69) is 40.7 Å². The van der Waals surface area contributed by atoms with Crippen molar-refractivity contribution in [1.29, 1.82) is 0 Å². The highest BCUT2D eigenvalue weighted by Gasteiger charge is 2.13. The minimum absolute atomic E-state index is 1.08. The summed E-state index contributed by atoms with van der Waals surface area (Å²) < 4.78 is 0. The number of benzene rings is 1. The molecular weight excluding hydrogens is 184 g/mol. The van der Waals surface area contributed by atoms with Crippen LogP contribution >= 0.6 is 0 Å². The molecule has 0 fully saturated rings. The summed E-state index contributed by atoms with van der Waals surface area (Å²) in [5.74, 6) is 0. The topological polar surface area (TPSA) is 25.8 Å². The Kier molecular flexibility index (Phi) is 1.98. The first-order valence-corrected chi connectivity index (χ1v) is 5.25. The van der Waals surface area contributed by atoms with Crippen molar-refractivity contribution in [1.82, 2.24) is 10.2 Å². The Bertz CT molecular complexity index is 446. The number of hydrogen-bond donors (Lipinski definition) is 0. The van der Waals surface area contributed by atoms with Crippen LogP contribution in [0.25, 0.3) is 11.1 Å². The fourth-order valence-corrected chi connectivity index (χ4v) is 2.19. The zero-order chi connectivity index (χ0) is 10.1. The Hall–Kier alpha value is -1.70. The third kappa shape index (κ3) is 1.42. The van der Waals surface area contributed by atoms with Crippen LogP contribution < -0.4 is 0 Å². The van der Waals surface area contributed by atoms with Crippen LogP contribution in [0.15, 0.2) is 30.5 Å². The molecule has 0 aliphatic heterocycles. The Balaban J connectivity index is 2.27. The number of nitrogens with zero attached hydrogens (tertiary/aromatic N) is 2. The molecule has 0 N–H and O–H groups in total. The Morgan fingerprint density at radius 2 is 1.93 bits per heavy atom. The maximum absolute atomic E-state index is 3.91. The SMILES string of the molecule is [c]1nncc2c1-c1ccccc1CCC2. The molecule has 0 unspecified atom stereocenters. The van der Waals surface area contributed by atoms with E-state index in [9.17, 15) is 0 Å². The van der Waals surface area contributed by atoms with Gasteiger partial charge in [0, 0.05) is 5.56 Å². The van der Waals surface area contributed by atoms with Gasteiger partial charge in [0.25, 0.3) is 0 Å². The van der Waals surface area contributed by atoms with Gasteiger partial charge in [-0.15, -0.1) is 5.10 Å². The van der Waals surface area contributed by atoms with Gasteiger partial charge in [0.15, 0.2) is 0 Å². The van der Waals surface area contributed by atoms with Crippen molar-refractivity contribution >= 4 is 0 Å². The summed E-state index contributed by atoms with van der Waals surface area (Å²) >= 11 is 0. The molecule has 1 heterocycles. The molecule has 2 aromatic rings. The van der Waals surface area contributed by atoms with Crippen LogP contribution in [0, 0.1) is 6.20 Å². The monoisotopic (exact) mass is 195 g/mol. The molecule has 0 amide bonds. The van der Waals surface area contributed by atoms with Gasteiger partial charge in [-0.25, -0.2) is 0 Å². The summed E-state index contributed by atoms with van der Waals surface area (Å²) in [7, 11) is 0. The van der Waals surface area contributed by atoms with Crippen LogP contribution in [0.1, 0.15) is 17.5 Å². The summed E-state index contributed by atoms with van der Waals surface area (Å²) in [6, 6.07) is 8.51. The second-order valence-electron chi connectivity index (χ2n) is 3.87. The zero-order valence-electron chi connectivity index (χ0n) is 8.40. The molecule has 0 atom stereocenters. The maximum Gasteiger partial charge on any atom is 0.122 e. The molecule has 1 aliphatic rings. The molecule has 0 saturated carbocycles. The van der Waals surface area contributed by atoms with Crippen LogP contribution in [-0.2, 0) is 12.8 Å². The predicted molar refractivity (Wildman–Crippen MR) is 58.3 cm³/mol. The summed E-state index contributed by atoms with van der Waals surface area (Å²) in [6.07, 6.45) is 8.29. The molecule has 15 heavy (non-hydrogen) atoms. The molecule has 2 nitrogen and oxygen atoms in total. The van der Waals surface area contributed by atoms with Gasteiger partial charge in [-0.05, 0) is 36.0 Å². The van der Waals surface area contributed by atoms with Crippen molar-refractivity contribution in [2.75, 3.05) is 0 Å². The van der Waals surface area contributed by atoms with Crippen LogP contribution in [0.3, 0.4) is 0 Å². The van der Waals surface area contributed by atoms with Crippen LogP contribution in [0.5, 0.6) is 0 Å². The van der Waals surface area contributed by atoms with Crippen molar-refractivity contribution in [2.45, 2.75) is 19.3 Å². The van der Waals surface area contributed by atoms with Gasteiger partial charge in [-0.3, -0.25) is 0 Å². The summed E-state index contributed by atoms with van der Waals surface area (Å²) in [5, 5.41) is 7.77. The number of hydrogen-bond acceptors (Lipinski definition) is 2. The van der Waals surface area contributed by atoms with Crippen LogP contribution in [0.2, 0.25) is 0 Å². The van der Waals surface area contributed by atoms with Gasteiger partial charge in [-0.2, -0.15) is 5.10 Å². The predicted octanol–water partition coefficient (Wildman–Crippen LogP) is 2.43. The van der Waals surface area contributed by atoms with Crippen molar-refractivity contribution in [2.24, 2.45) is 0 Å². The molecule has 2 heteroatoms. The van der Waals surface area contributed by atoms with Crippen molar-refractivity contribution in [3.8, 4) is 11.1 Å². The zero-order valence-corrected chi connectivity index (χ0v) is 8.40. The summed E-state index contributed by atoms with van der Waals surface area (Å²) in [5.41, 5.74) is 5.09. The lowest BCUT2D eigenvalue weighted by Gasteiger charge is -2.06. The van der Waals surface area contributed by atoms with E-state index >= 15 is 0 Å². The lowest BCUT2D eigenvalue weighted by molar-refractivity contribution is 0.825. The molecular formula is C13H11N2. The Morgan fingerprint density at radius 3 is 2.93 bits per heavy atom. The van der Waals surface area contributed by atoms with Gasteiger partial charge < -0.3 is 0 Å². The van der Waals surface area contributed by atoms with E-state index in [1.807, 2.05) is 6.20 Å². The molecule has 0 bridgehead atoms. The third-order valence-corrected chi connectivity index (χ3v) is 2.93. The van der Waals surface area contributed by atoms with Gasteiger partial charge in [0.1, 0.15) is 6.20 Å². The van der Waals surface area contributed by atoms with E-state index in [1.54, 1.807) is 0 Å². The quantitative estimate of drug-likeness (QED) is 0.645. The smallest absolute Gasteiger partial charge is 0.122 e. The Labute approximate surface area is 89.0 Å². The number of aromatic nitrogens is 2. The van der Waals surface area contributed by atoms with Gasteiger partial charge in [0.2, 0.25) is 0 Å². The summed E-state index contributed by atoms with van der Waals surface area (Å²) in [6.45, 7) is 0. The fraction of sp³-hybridized carbons (Fsp3) is 0.231. The van der Waals surface area contributed by atoms with Crippen molar-refractivity contribution in [3.63, 3.8) is 0 Å². The molecule has 1 aromatic heterocycles. The highest BCUT2D eigenvalue weighted by Crippen LogP contribution is 2.30. The molecule has 0 spiro atoms. The maximum atomic E-state index is 3.91. The second-order valence-corrected chi connectivity index (χ2v) is 3.87. The largest absolute Gasteiger partial charge is 0.158 e.